The summed E-state index contributed by atoms with van der Waals surface area (Å²) in [5.41, 5.74) is 10.4. The lowest BCUT2D eigenvalue weighted by molar-refractivity contribution is -0.121. The molecule has 0 aromatic carbocycles. The van der Waals surface area contributed by atoms with E-state index in [4.69, 9.17) is 15.0 Å². The first-order chi connectivity index (χ1) is 24.2. The van der Waals surface area contributed by atoms with E-state index in [-0.39, 0.29) is 23.7 Å². The van der Waals surface area contributed by atoms with Crippen molar-refractivity contribution in [3.8, 4) is 0 Å². The molecule has 9 nitrogen and oxygen atoms in total. The van der Waals surface area contributed by atoms with Crippen molar-refractivity contribution in [2.24, 2.45) is 26.8 Å². The number of fused-ring (bicyclic) bond motifs is 5. The zero-order chi connectivity index (χ0) is 35.4. The van der Waals surface area contributed by atoms with Gasteiger partial charge in [-0.1, -0.05) is 59.3 Å². The number of unbranched alkanes of at least 4 members (excludes halogenated alkanes) is 6. The molecule has 6 aliphatic rings. The van der Waals surface area contributed by atoms with Gasteiger partial charge in [0.2, 0.25) is 5.91 Å². The van der Waals surface area contributed by atoms with Gasteiger partial charge in [0, 0.05) is 60.3 Å². The predicted octanol–water partition coefficient (Wildman–Crippen LogP) is 7.66. The molecule has 1 fully saturated rings. The summed E-state index contributed by atoms with van der Waals surface area (Å²) in [7, 11) is 0. The molecule has 8 bridgehead atoms. The molecule has 0 aromatic rings. The minimum absolute atomic E-state index is 0.00651. The van der Waals surface area contributed by atoms with Gasteiger partial charge in [0.15, 0.2) is 0 Å². The Bertz CT molecular complexity index is 1810. The van der Waals surface area contributed by atoms with Gasteiger partial charge in [0.05, 0.1) is 39.8 Å². The van der Waals surface area contributed by atoms with E-state index in [9.17, 15) is 14.7 Å². The number of allylic oxidation sites excluding steroid dienone is 11. The summed E-state index contributed by atoms with van der Waals surface area (Å²) in [4.78, 5) is 41.6. The zero-order valence-corrected chi connectivity index (χ0v) is 30.3. The van der Waals surface area contributed by atoms with Crippen molar-refractivity contribution in [3.63, 3.8) is 0 Å². The normalized spacial score (nSPS) is 22.1. The number of aliphatic hydroxyl groups excluding tert-OH is 1. The van der Waals surface area contributed by atoms with Crippen LogP contribution in [-0.4, -0.2) is 47.1 Å². The van der Waals surface area contributed by atoms with Crippen LogP contribution in [0.2, 0.25) is 0 Å². The van der Waals surface area contributed by atoms with Gasteiger partial charge in [-0.25, -0.2) is 15.0 Å². The molecule has 0 saturated carbocycles. The van der Waals surface area contributed by atoms with Crippen LogP contribution in [0.25, 0.3) is 0 Å². The molecule has 2 atom stereocenters. The van der Waals surface area contributed by atoms with Gasteiger partial charge in [-0.2, -0.15) is 0 Å². The Kier molecular flexibility index (Phi) is 11.0. The average Bonchev–Trinajstić information content (AvgIpc) is 3.88. The Hall–Kier alpha value is -4.53. The van der Waals surface area contributed by atoms with Gasteiger partial charge in [0.1, 0.15) is 5.76 Å². The number of nitrogens with one attached hydrogen (secondary N) is 3. The second-order valence-corrected chi connectivity index (χ2v) is 14.2. The van der Waals surface area contributed by atoms with Gasteiger partial charge < -0.3 is 21.1 Å². The van der Waals surface area contributed by atoms with Crippen LogP contribution >= 0.6 is 0 Å². The summed E-state index contributed by atoms with van der Waals surface area (Å²) in [6, 6.07) is 0. The molecule has 5 heterocycles. The molecule has 1 saturated heterocycles. The van der Waals surface area contributed by atoms with Crippen LogP contribution < -0.4 is 16.0 Å². The van der Waals surface area contributed by atoms with Crippen LogP contribution in [0.4, 0.5) is 0 Å². The molecule has 2 amide bonds. The highest BCUT2D eigenvalue weighted by molar-refractivity contribution is 6.22. The summed E-state index contributed by atoms with van der Waals surface area (Å²) < 4.78 is 0. The first-order valence-corrected chi connectivity index (χ1v) is 18.7. The van der Waals surface area contributed by atoms with Crippen LogP contribution in [-0.2, 0) is 9.59 Å². The summed E-state index contributed by atoms with van der Waals surface area (Å²) in [5.74, 6) is 0.302. The Morgan fingerprint density at radius 3 is 2.38 bits per heavy atom. The number of carbonyl (C=O) groups is 2. The molecule has 5 aliphatic heterocycles. The number of hydrogen-bond donors (Lipinski definition) is 4. The van der Waals surface area contributed by atoms with Gasteiger partial charge >= 0.3 is 0 Å². The number of hydrogen-bond acceptors (Lipinski definition) is 7. The van der Waals surface area contributed by atoms with Crippen LogP contribution in [0.5, 0.6) is 0 Å². The fourth-order valence-electron chi connectivity index (χ4n) is 7.63. The van der Waals surface area contributed by atoms with Crippen molar-refractivity contribution in [3.05, 3.63) is 92.5 Å². The first-order valence-electron chi connectivity index (χ1n) is 18.7. The van der Waals surface area contributed by atoms with E-state index in [1.807, 2.05) is 38.2 Å². The summed E-state index contributed by atoms with van der Waals surface area (Å²) in [5, 5.41) is 21.3. The molecular formula is C41H52N6O3. The Morgan fingerprint density at radius 2 is 1.64 bits per heavy atom. The maximum atomic E-state index is 13.7. The fourth-order valence-corrected chi connectivity index (χ4v) is 7.63. The third kappa shape index (κ3) is 7.32. The SMILES string of the molecule is CCCCCCNC(=O)CC[C@@H]1C2=C3CC(O)=C4C3=NC(=C4C)C=C3C=CC(=N3)C=C3N=C(C=C(N2)[C@H]1C)C(C)=C3C(=O)NCCCCCC. The first kappa shape index (κ1) is 35.3. The molecule has 264 valence electrons. The second-order valence-electron chi connectivity index (χ2n) is 14.2. The molecule has 0 unspecified atom stereocenters. The Morgan fingerprint density at radius 1 is 0.900 bits per heavy atom. The summed E-state index contributed by atoms with van der Waals surface area (Å²) in [6.07, 6.45) is 20.0. The molecule has 0 aromatic heterocycles. The highest BCUT2D eigenvalue weighted by atomic mass is 16.3. The minimum atomic E-state index is -0.124. The molecule has 50 heavy (non-hydrogen) atoms. The van der Waals surface area contributed by atoms with E-state index in [2.05, 4.69) is 42.8 Å². The molecular weight excluding hydrogens is 624 g/mol. The lowest BCUT2D eigenvalue weighted by Gasteiger charge is -2.18. The highest BCUT2D eigenvalue weighted by Gasteiger charge is 2.41. The largest absolute Gasteiger partial charge is 0.511 e. The second kappa shape index (κ2) is 15.6. The average molecular weight is 677 g/mol. The molecule has 0 spiro atoms. The highest BCUT2D eigenvalue weighted by Crippen LogP contribution is 2.46. The van der Waals surface area contributed by atoms with Gasteiger partial charge in [-0.05, 0) is 74.6 Å². The summed E-state index contributed by atoms with van der Waals surface area (Å²) in [6.45, 7) is 11.8. The quantitative estimate of drug-likeness (QED) is 0.141. The van der Waals surface area contributed by atoms with Crippen molar-refractivity contribution in [2.45, 2.75) is 105 Å². The third-order valence-electron chi connectivity index (χ3n) is 10.6. The van der Waals surface area contributed by atoms with Gasteiger partial charge in [-0.15, -0.1) is 0 Å². The van der Waals surface area contributed by atoms with Crippen LogP contribution in [0.1, 0.15) is 105 Å². The maximum absolute atomic E-state index is 13.7. The van der Waals surface area contributed by atoms with E-state index in [0.717, 1.165) is 101 Å². The van der Waals surface area contributed by atoms with Crippen LogP contribution in [0.15, 0.2) is 107 Å². The minimum Gasteiger partial charge on any atom is -0.511 e. The summed E-state index contributed by atoms with van der Waals surface area (Å²) >= 11 is 0. The van der Waals surface area contributed by atoms with Gasteiger partial charge in [0.25, 0.3) is 5.91 Å². The lowest BCUT2D eigenvalue weighted by atomic mass is 9.86. The molecule has 1 aliphatic carbocycles. The maximum Gasteiger partial charge on any atom is 0.253 e. The van der Waals surface area contributed by atoms with Crippen molar-refractivity contribution >= 4 is 28.9 Å². The van der Waals surface area contributed by atoms with E-state index in [1.54, 1.807) is 0 Å². The van der Waals surface area contributed by atoms with Crippen LogP contribution in [0, 0.1) is 11.8 Å². The Balaban J connectivity index is 1.37. The molecule has 0 radical (unpaired) electrons. The number of aliphatic imine (C=N–C) groups is 3. The standard InChI is InChI=1S/C41H52N6O3/c1-6-8-10-12-18-42-36(49)17-16-29-24(3)32-23-33-25(4)37(41(50)43-19-13-11-9-7-2)34(45-33)21-28-15-14-27(44-28)20-31-26(5)38-35(48)22-30(39(29)46-32)40(38)47-31/h14-15,20-21,23-24,29,46,48H,6-13,16-19,22H2,1-5H3,(H,42,49)(H,43,50)/t24-,29-/m0/s1. The van der Waals surface area contributed by atoms with Crippen molar-refractivity contribution in [1.82, 2.24) is 16.0 Å². The van der Waals surface area contributed by atoms with Crippen LogP contribution in [0.3, 0.4) is 0 Å². The topological polar surface area (TPSA) is 128 Å². The molecule has 9 heteroatoms. The number of carbonyl (C=O) groups excluding carboxylic acids is 2. The predicted molar refractivity (Wildman–Crippen MR) is 202 cm³/mol. The van der Waals surface area contributed by atoms with E-state index in [1.165, 1.54) is 6.42 Å². The molecule has 6 rings (SSSR count). The number of amides is 2. The zero-order valence-electron chi connectivity index (χ0n) is 30.3. The molecule has 4 N–H and O–H groups in total. The fraction of sp³-hybridized carbons (Fsp3) is 0.488. The third-order valence-corrected chi connectivity index (χ3v) is 10.6. The smallest absolute Gasteiger partial charge is 0.253 e. The number of aliphatic hydroxyl groups is 1. The Labute approximate surface area is 296 Å². The van der Waals surface area contributed by atoms with Crippen molar-refractivity contribution in [1.29, 1.82) is 0 Å². The van der Waals surface area contributed by atoms with E-state index in [0.29, 0.717) is 55.1 Å². The number of nitrogens with zero attached hydrogens (tertiary/aromatic N) is 3. The lowest BCUT2D eigenvalue weighted by Crippen LogP contribution is -2.27. The monoisotopic (exact) mass is 676 g/mol. The van der Waals surface area contributed by atoms with E-state index >= 15 is 0 Å². The van der Waals surface area contributed by atoms with Crippen molar-refractivity contribution in [2.75, 3.05) is 13.1 Å². The number of rotatable bonds is 14. The van der Waals surface area contributed by atoms with Gasteiger partial charge in [-0.3, -0.25) is 9.59 Å². The van der Waals surface area contributed by atoms with Crippen molar-refractivity contribution < 1.29 is 14.7 Å². The van der Waals surface area contributed by atoms with E-state index < -0.39 is 0 Å².